The maximum Gasteiger partial charge on any atom is 0.407 e. The van der Waals surface area contributed by atoms with Gasteiger partial charge in [-0.3, -0.25) is 0 Å². The number of alkyl halides is 2. The normalized spacial score (nSPS) is 10.9. The van der Waals surface area contributed by atoms with Crippen molar-refractivity contribution < 1.29 is 23.4 Å². The van der Waals surface area contributed by atoms with Crippen molar-refractivity contribution in [3.8, 4) is 0 Å². The minimum absolute atomic E-state index is 0.920. The molecular weight excluding hydrogens is 160 g/mol. The predicted molar refractivity (Wildman–Crippen MR) is 32.4 cm³/mol. The number of alkyl carbamates (subject to hydrolysis) is 1. The van der Waals surface area contributed by atoms with E-state index in [1.165, 1.54) is 0 Å². The Labute approximate surface area is 62.1 Å². The van der Waals surface area contributed by atoms with Crippen molar-refractivity contribution in [2.45, 2.75) is 5.92 Å². The maximum atomic E-state index is 12.1. The summed E-state index contributed by atoms with van der Waals surface area (Å²) in [5.74, 6) is -3.28. The van der Waals surface area contributed by atoms with E-state index in [-0.39, 0.29) is 0 Å². The summed E-state index contributed by atoms with van der Waals surface area (Å²) in [6.45, 7) is -2.22. The highest BCUT2D eigenvalue weighted by Gasteiger charge is 2.28. The van der Waals surface area contributed by atoms with Gasteiger partial charge in [-0.2, -0.15) is 0 Å². The Kier molecular flexibility index (Phi) is 3.73. The molecule has 0 saturated carbocycles. The number of rotatable bonds is 3. The summed E-state index contributed by atoms with van der Waals surface area (Å²) in [5, 5.41) is 9.79. The van der Waals surface area contributed by atoms with Gasteiger partial charge in [0.25, 0.3) is 5.92 Å². The van der Waals surface area contributed by atoms with Crippen molar-refractivity contribution in [3.63, 3.8) is 0 Å². The number of amides is 1. The molecule has 0 aromatic heterocycles. The molecule has 0 heterocycles. The van der Waals surface area contributed by atoms with Crippen LogP contribution in [-0.2, 0) is 4.74 Å². The van der Waals surface area contributed by atoms with Crippen LogP contribution in [0.5, 0.6) is 0 Å². The van der Waals surface area contributed by atoms with Crippen LogP contribution in [0.1, 0.15) is 0 Å². The summed E-state index contributed by atoms with van der Waals surface area (Å²) in [4.78, 5) is 10.2. The lowest BCUT2D eigenvalue weighted by molar-refractivity contribution is -0.0467. The highest BCUT2D eigenvalue weighted by atomic mass is 19.3. The molecule has 0 radical (unpaired) electrons. The zero-order valence-corrected chi connectivity index (χ0v) is 5.93. The number of carbonyl (C=O) groups excluding carboxylic acids is 1. The number of hydrogen-bond donors (Lipinski definition) is 2. The lowest BCUT2D eigenvalue weighted by Gasteiger charge is -2.12. The molecule has 0 aromatic carbocycles. The number of ether oxygens (including phenoxy) is 1. The van der Waals surface area contributed by atoms with Gasteiger partial charge in [-0.1, -0.05) is 0 Å². The molecule has 66 valence electrons. The van der Waals surface area contributed by atoms with Gasteiger partial charge >= 0.3 is 6.09 Å². The van der Waals surface area contributed by atoms with Crippen LogP contribution in [0.2, 0.25) is 0 Å². The van der Waals surface area contributed by atoms with E-state index in [9.17, 15) is 13.6 Å². The molecule has 6 heteroatoms. The van der Waals surface area contributed by atoms with Gasteiger partial charge in [0.1, 0.15) is 6.61 Å². The Morgan fingerprint density at radius 2 is 2.27 bits per heavy atom. The number of aliphatic hydroxyl groups excluding tert-OH is 1. The first-order valence-corrected chi connectivity index (χ1v) is 2.82. The van der Waals surface area contributed by atoms with E-state index in [1.807, 2.05) is 0 Å². The van der Waals surface area contributed by atoms with Crippen LogP contribution >= 0.6 is 0 Å². The first-order valence-electron chi connectivity index (χ1n) is 2.82. The van der Waals surface area contributed by atoms with Gasteiger partial charge in [-0.05, 0) is 0 Å². The van der Waals surface area contributed by atoms with Gasteiger partial charge in [0, 0.05) is 0 Å². The number of hydrogen-bond acceptors (Lipinski definition) is 3. The highest BCUT2D eigenvalue weighted by molar-refractivity contribution is 5.66. The third kappa shape index (κ3) is 4.49. The number of carbonyl (C=O) groups is 1. The van der Waals surface area contributed by atoms with Crippen molar-refractivity contribution in [1.29, 1.82) is 0 Å². The zero-order valence-electron chi connectivity index (χ0n) is 5.93. The fourth-order valence-corrected chi connectivity index (χ4v) is 0.330. The molecule has 0 saturated heterocycles. The lowest BCUT2D eigenvalue weighted by Crippen LogP contribution is -2.38. The van der Waals surface area contributed by atoms with Crippen molar-refractivity contribution in [2.24, 2.45) is 0 Å². The van der Waals surface area contributed by atoms with Gasteiger partial charge in [0.2, 0.25) is 0 Å². The van der Waals surface area contributed by atoms with Crippen molar-refractivity contribution in [2.75, 3.05) is 20.3 Å². The van der Waals surface area contributed by atoms with E-state index in [4.69, 9.17) is 5.11 Å². The van der Waals surface area contributed by atoms with Gasteiger partial charge in [-0.15, -0.1) is 0 Å². The number of nitrogens with one attached hydrogen (secondary N) is 1. The topological polar surface area (TPSA) is 58.6 Å². The Balaban J connectivity index is 3.61. The van der Waals surface area contributed by atoms with E-state index in [0.29, 0.717) is 0 Å². The monoisotopic (exact) mass is 169 g/mol. The molecule has 2 N–H and O–H groups in total. The minimum atomic E-state index is -3.28. The summed E-state index contributed by atoms with van der Waals surface area (Å²) >= 11 is 0. The molecule has 0 atom stereocenters. The van der Waals surface area contributed by atoms with Crippen LogP contribution < -0.4 is 5.32 Å². The molecule has 0 aliphatic rings. The van der Waals surface area contributed by atoms with Crippen LogP contribution in [0, 0.1) is 0 Å². The zero-order chi connectivity index (χ0) is 8.91. The first kappa shape index (κ1) is 10.1. The van der Waals surface area contributed by atoms with E-state index in [0.717, 1.165) is 7.11 Å². The number of methoxy groups -OCH3 is 1. The molecule has 1 amide bonds. The average molecular weight is 169 g/mol. The smallest absolute Gasteiger partial charge is 0.407 e. The molecular formula is C5H9F2NO3. The Bertz CT molecular complexity index is 140. The van der Waals surface area contributed by atoms with E-state index < -0.39 is 25.2 Å². The van der Waals surface area contributed by atoms with E-state index >= 15 is 0 Å². The van der Waals surface area contributed by atoms with Gasteiger partial charge < -0.3 is 15.2 Å². The van der Waals surface area contributed by atoms with Gasteiger partial charge in [-0.25, -0.2) is 13.6 Å². The lowest BCUT2D eigenvalue weighted by atomic mass is 10.4. The summed E-state index contributed by atoms with van der Waals surface area (Å²) in [6.07, 6.45) is -0.946. The Morgan fingerprint density at radius 1 is 1.73 bits per heavy atom. The maximum absolute atomic E-state index is 12.1. The van der Waals surface area contributed by atoms with Gasteiger partial charge in [0.15, 0.2) is 0 Å². The second kappa shape index (κ2) is 4.07. The molecule has 0 aliphatic heterocycles. The fourth-order valence-electron chi connectivity index (χ4n) is 0.330. The summed E-state index contributed by atoms with van der Waals surface area (Å²) in [5.41, 5.74) is 0. The first-order chi connectivity index (χ1) is 5.02. The Hall–Kier alpha value is -0.910. The third-order valence-corrected chi connectivity index (χ3v) is 0.908. The number of halogens is 2. The van der Waals surface area contributed by atoms with Crippen LogP contribution in [-0.4, -0.2) is 37.4 Å². The highest BCUT2D eigenvalue weighted by Crippen LogP contribution is 2.09. The summed E-state index contributed by atoms with van der Waals surface area (Å²) in [6, 6.07) is 0. The molecule has 0 aliphatic carbocycles. The van der Waals surface area contributed by atoms with E-state index in [1.54, 1.807) is 5.32 Å². The molecule has 0 unspecified atom stereocenters. The van der Waals surface area contributed by atoms with Crippen LogP contribution in [0.15, 0.2) is 0 Å². The molecule has 0 aromatic rings. The minimum Gasteiger partial charge on any atom is -0.453 e. The number of aliphatic hydroxyl groups is 1. The average Bonchev–Trinajstić information content (AvgIpc) is 2.00. The van der Waals surface area contributed by atoms with Crippen molar-refractivity contribution in [3.05, 3.63) is 0 Å². The predicted octanol–water partition coefficient (Wildman–Crippen LogP) is -0.0300. The summed E-state index contributed by atoms with van der Waals surface area (Å²) < 4.78 is 28.3. The summed E-state index contributed by atoms with van der Waals surface area (Å²) in [7, 11) is 1.06. The fraction of sp³-hybridized carbons (Fsp3) is 0.800. The molecule has 0 fully saturated rings. The molecule has 0 bridgehead atoms. The molecule has 11 heavy (non-hydrogen) atoms. The molecule has 4 nitrogen and oxygen atoms in total. The second-order valence-corrected chi connectivity index (χ2v) is 1.86. The SMILES string of the molecule is COC(=O)NCC(F)(F)CO. The van der Waals surface area contributed by atoms with Gasteiger partial charge in [0.05, 0.1) is 13.7 Å². The quantitative estimate of drug-likeness (QED) is 0.623. The standard InChI is InChI=1S/C5H9F2NO3/c1-11-4(10)8-2-5(6,7)3-9/h9H,2-3H2,1H3,(H,8,10). The Morgan fingerprint density at radius 3 is 2.64 bits per heavy atom. The van der Waals surface area contributed by atoms with Crippen molar-refractivity contribution in [1.82, 2.24) is 5.32 Å². The van der Waals surface area contributed by atoms with Crippen molar-refractivity contribution >= 4 is 6.09 Å². The van der Waals surface area contributed by atoms with Crippen LogP contribution in [0.25, 0.3) is 0 Å². The molecule has 0 rings (SSSR count). The largest absolute Gasteiger partial charge is 0.453 e. The third-order valence-electron chi connectivity index (χ3n) is 0.908. The van der Waals surface area contributed by atoms with Crippen LogP contribution in [0.3, 0.4) is 0 Å². The van der Waals surface area contributed by atoms with E-state index in [2.05, 4.69) is 4.74 Å². The second-order valence-electron chi connectivity index (χ2n) is 1.86. The molecule has 0 spiro atoms. The van der Waals surface area contributed by atoms with Crippen LogP contribution in [0.4, 0.5) is 13.6 Å².